The van der Waals surface area contributed by atoms with Crippen LogP contribution >= 0.6 is 23.5 Å². The quantitative estimate of drug-likeness (QED) is 0.929. The highest BCUT2D eigenvalue weighted by molar-refractivity contribution is 8.07. The molecule has 0 aromatic carbocycles. The maximum Gasteiger partial charge on any atom is 0.142 e. The van der Waals surface area contributed by atoms with Crippen LogP contribution in [0.4, 0.5) is 0 Å². The molecular weight excluding hydrogens is 274 g/mol. The zero-order chi connectivity index (χ0) is 14.0. The first-order valence-corrected chi connectivity index (χ1v) is 8.83. The molecule has 0 spiro atoms. The molecule has 3 atom stereocenters. The Morgan fingerprint density at radius 1 is 1.16 bits per heavy atom. The van der Waals surface area contributed by atoms with Gasteiger partial charge in [-0.1, -0.05) is 13.8 Å². The predicted octanol–water partition coefficient (Wildman–Crippen LogP) is 2.89. The van der Waals surface area contributed by atoms with Crippen LogP contribution in [-0.4, -0.2) is 32.8 Å². The number of nitrogens with two attached hydrogens (primary N) is 1. The molecule has 1 aliphatic rings. The third-order valence-corrected chi connectivity index (χ3v) is 7.06. The molecule has 3 nitrogen and oxygen atoms in total. The zero-order valence-corrected chi connectivity index (χ0v) is 13.8. The molecule has 1 aromatic rings. The molecule has 0 radical (unpaired) electrons. The molecule has 1 fully saturated rings. The third-order valence-electron chi connectivity index (χ3n) is 3.67. The van der Waals surface area contributed by atoms with E-state index in [9.17, 15) is 0 Å². The van der Waals surface area contributed by atoms with E-state index < -0.39 is 0 Å². The van der Waals surface area contributed by atoms with E-state index in [0.29, 0.717) is 17.0 Å². The Bertz CT molecular complexity index is 427. The van der Waals surface area contributed by atoms with Crippen LogP contribution in [0.3, 0.4) is 0 Å². The van der Waals surface area contributed by atoms with Crippen molar-refractivity contribution in [2.24, 2.45) is 5.73 Å². The van der Waals surface area contributed by atoms with Crippen molar-refractivity contribution in [3.63, 3.8) is 0 Å². The largest absolute Gasteiger partial charge is 0.330 e. The Kier molecular flexibility index (Phi) is 5.15. The van der Waals surface area contributed by atoms with E-state index in [-0.39, 0.29) is 0 Å². The van der Waals surface area contributed by atoms with Gasteiger partial charge < -0.3 is 5.73 Å². The van der Waals surface area contributed by atoms with Gasteiger partial charge in [0.05, 0.1) is 5.25 Å². The molecule has 1 aromatic heterocycles. The summed E-state index contributed by atoms with van der Waals surface area (Å²) in [5.41, 5.74) is 9.08. The Labute approximate surface area is 124 Å². The van der Waals surface area contributed by atoms with Crippen LogP contribution in [0.25, 0.3) is 0 Å². The van der Waals surface area contributed by atoms with Crippen LogP contribution in [0, 0.1) is 13.8 Å². The summed E-state index contributed by atoms with van der Waals surface area (Å²) in [6.07, 6.45) is 0.873. The topological polar surface area (TPSA) is 51.8 Å². The van der Waals surface area contributed by atoms with E-state index in [4.69, 9.17) is 15.7 Å². The van der Waals surface area contributed by atoms with Gasteiger partial charge in [0.1, 0.15) is 5.82 Å². The van der Waals surface area contributed by atoms with Crippen LogP contribution in [-0.2, 0) is 6.42 Å². The van der Waals surface area contributed by atoms with Crippen molar-refractivity contribution < 1.29 is 0 Å². The van der Waals surface area contributed by atoms with Crippen LogP contribution in [0.15, 0.2) is 0 Å². The second-order valence-electron chi connectivity index (χ2n) is 5.14. The molecule has 3 unspecified atom stereocenters. The molecule has 0 aliphatic carbocycles. The summed E-state index contributed by atoms with van der Waals surface area (Å²) in [5.74, 6) is 2.12. The number of thioether (sulfide) groups is 2. The van der Waals surface area contributed by atoms with Gasteiger partial charge in [-0.15, -0.1) is 11.8 Å². The Morgan fingerprint density at radius 2 is 1.79 bits per heavy atom. The molecule has 0 saturated carbocycles. The minimum atomic E-state index is 0.431. The first-order chi connectivity index (χ1) is 9.02. The van der Waals surface area contributed by atoms with Gasteiger partial charge in [0.15, 0.2) is 0 Å². The van der Waals surface area contributed by atoms with Gasteiger partial charge in [-0.05, 0) is 32.4 Å². The van der Waals surface area contributed by atoms with Gasteiger partial charge in [0.25, 0.3) is 0 Å². The number of rotatable bonds is 3. The van der Waals surface area contributed by atoms with Crippen molar-refractivity contribution in [1.82, 2.24) is 9.97 Å². The van der Waals surface area contributed by atoms with Crippen molar-refractivity contribution in [3.8, 4) is 0 Å². The van der Waals surface area contributed by atoms with Crippen LogP contribution in [0.5, 0.6) is 0 Å². The fraction of sp³-hybridized carbons (Fsp3) is 0.714. The van der Waals surface area contributed by atoms with E-state index in [1.54, 1.807) is 0 Å². The summed E-state index contributed by atoms with van der Waals surface area (Å²) < 4.78 is 0. The van der Waals surface area contributed by atoms with Crippen molar-refractivity contribution in [2.75, 3.05) is 12.3 Å². The highest BCUT2D eigenvalue weighted by atomic mass is 32.2. The zero-order valence-electron chi connectivity index (χ0n) is 12.1. The van der Waals surface area contributed by atoms with Crippen molar-refractivity contribution >= 4 is 23.5 Å². The number of aromatic nitrogens is 2. The number of hydrogen-bond acceptors (Lipinski definition) is 5. The van der Waals surface area contributed by atoms with Crippen LogP contribution < -0.4 is 5.73 Å². The number of hydrogen-bond donors (Lipinski definition) is 1. The highest BCUT2D eigenvalue weighted by Crippen LogP contribution is 2.43. The Hall–Kier alpha value is -0.260. The monoisotopic (exact) mass is 297 g/mol. The lowest BCUT2D eigenvalue weighted by Crippen LogP contribution is -2.23. The van der Waals surface area contributed by atoms with Gasteiger partial charge in [0.2, 0.25) is 0 Å². The first-order valence-electron chi connectivity index (χ1n) is 6.84. The maximum absolute atomic E-state index is 5.65. The fourth-order valence-electron chi connectivity index (χ4n) is 2.33. The SMILES string of the molecule is Cc1nc(C2CSC(C)C(C)S2)nc(C)c1CCN. The van der Waals surface area contributed by atoms with Gasteiger partial charge in [-0.25, -0.2) is 9.97 Å². The molecule has 106 valence electrons. The van der Waals surface area contributed by atoms with E-state index in [2.05, 4.69) is 27.7 Å². The van der Waals surface area contributed by atoms with Crippen LogP contribution in [0.1, 0.15) is 41.9 Å². The summed E-state index contributed by atoms with van der Waals surface area (Å²) in [5, 5.41) is 1.82. The summed E-state index contributed by atoms with van der Waals surface area (Å²) in [6.45, 7) is 9.43. The van der Waals surface area contributed by atoms with E-state index >= 15 is 0 Å². The summed E-state index contributed by atoms with van der Waals surface area (Å²) in [4.78, 5) is 9.47. The molecule has 1 saturated heterocycles. The summed E-state index contributed by atoms with van der Waals surface area (Å²) in [6, 6.07) is 0. The molecule has 2 heterocycles. The second-order valence-corrected chi connectivity index (χ2v) is 8.13. The van der Waals surface area contributed by atoms with E-state index in [1.807, 2.05) is 23.5 Å². The molecular formula is C14H23N3S2. The van der Waals surface area contributed by atoms with Crippen molar-refractivity contribution in [1.29, 1.82) is 0 Å². The summed E-state index contributed by atoms with van der Waals surface area (Å²) >= 11 is 4.05. The average molecular weight is 297 g/mol. The highest BCUT2D eigenvalue weighted by Gasteiger charge is 2.29. The lowest BCUT2D eigenvalue weighted by atomic mass is 10.1. The minimum absolute atomic E-state index is 0.431. The normalized spacial score (nSPS) is 27.5. The van der Waals surface area contributed by atoms with Crippen molar-refractivity contribution in [3.05, 3.63) is 22.8 Å². The Balaban J connectivity index is 2.22. The smallest absolute Gasteiger partial charge is 0.142 e. The first kappa shape index (κ1) is 15.1. The molecule has 1 aliphatic heterocycles. The molecule has 5 heteroatoms. The van der Waals surface area contributed by atoms with Gasteiger partial charge in [-0.2, -0.15) is 11.8 Å². The van der Waals surface area contributed by atoms with Gasteiger partial charge in [-0.3, -0.25) is 0 Å². The Morgan fingerprint density at radius 3 is 2.32 bits per heavy atom. The van der Waals surface area contributed by atoms with Gasteiger partial charge >= 0.3 is 0 Å². The number of nitrogens with zero attached hydrogens (tertiary/aromatic N) is 2. The van der Waals surface area contributed by atoms with E-state index in [0.717, 1.165) is 34.6 Å². The summed E-state index contributed by atoms with van der Waals surface area (Å²) in [7, 11) is 0. The standard InChI is InChI=1S/C14H23N3S2/c1-8-12(5-6-15)9(2)17-14(16-8)13-7-18-10(3)11(4)19-13/h10-11,13H,5-7,15H2,1-4H3. The molecule has 0 bridgehead atoms. The van der Waals surface area contributed by atoms with Gasteiger partial charge in [0, 0.05) is 27.6 Å². The molecule has 0 amide bonds. The third kappa shape index (κ3) is 3.44. The average Bonchev–Trinajstić information content (AvgIpc) is 2.37. The fourth-order valence-corrected chi connectivity index (χ4v) is 5.18. The minimum Gasteiger partial charge on any atom is -0.330 e. The molecule has 2 N–H and O–H groups in total. The predicted molar refractivity (Wildman–Crippen MR) is 86.0 cm³/mol. The van der Waals surface area contributed by atoms with Crippen molar-refractivity contribution in [2.45, 2.75) is 49.9 Å². The maximum atomic E-state index is 5.65. The molecule has 19 heavy (non-hydrogen) atoms. The van der Waals surface area contributed by atoms with Crippen LogP contribution in [0.2, 0.25) is 0 Å². The molecule has 2 rings (SSSR count). The number of aryl methyl sites for hydroxylation is 2. The van der Waals surface area contributed by atoms with E-state index in [1.165, 1.54) is 5.56 Å². The lowest BCUT2D eigenvalue weighted by molar-refractivity contribution is 0.817. The second kappa shape index (κ2) is 6.46. The lowest BCUT2D eigenvalue weighted by Gasteiger charge is -2.30.